The molecule has 0 saturated heterocycles. The van der Waals surface area contributed by atoms with Crippen molar-refractivity contribution in [2.24, 2.45) is 0 Å². The van der Waals surface area contributed by atoms with Gasteiger partial charge in [-0.15, -0.1) is 0 Å². The van der Waals surface area contributed by atoms with Gasteiger partial charge in [-0.05, 0) is 31.2 Å². The second-order valence-electron chi connectivity index (χ2n) is 6.15. The topological polar surface area (TPSA) is 90.4 Å². The fourth-order valence-corrected chi connectivity index (χ4v) is 4.03. The molecule has 0 fully saturated rings. The molecule has 0 amide bonds. The van der Waals surface area contributed by atoms with Crippen LogP contribution < -0.4 is 0 Å². The van der Waals surface area contributed by atoms with Crippen molar-refractivity contribution in [3.63, 3.8) is 0 Å². The number of aryl methyl sites for hydroxylation is 2. The van der Waals surface area contributed by atoms with Gasteiger partial charge in [-0.1, -0.05) is 12.1 Å². The van der Waals surface area contributed by atoms with Crippen LogP contribution in [0.3, 0.4) is 0 Å². The molecule has 2 aromatic heterocycles. The summed E-state index contributed by atoms with van der Waals surface area (Å²) in [6.07, 6.45) is 1.92. The van der Waals surface area contributed by atoms with Crippen molar-refractivity contribution in [3.8, 4) is 11.5 Å². The smallest absolute Gasteiger partial charge is 0.229 e. The number of furan rings is 1. The van der Waals surface area contributed by atoms with E-state index in [2.05, 4.69) is 4.98 Å². The normalized spacial score (nSPS) is 11.6. The number of nitrogens with zero attached hydrogens (tertiary/aromatic N) is 1. The zero-order valence-electron chi connectivity index (χ0n) is 14.6. The third-order valence-corrected chi connectivity index (χ3v) is 5.44. The van der Waals surface area contributed by atoms with Crippen LogP contribution in [0.25, 0.3) is 11.5 Å². The Morgan fingerprint density at radius 3 is 2.67 bits per heavy atom. The van der Waals surface area contributed by atoms with Gasteiger partial charge in [0.05, 0.1) is 23.3 Å². The third kappa shape index (κ3) is 4.91. The predicted molar refractivity (Wildman–Crippen MR) is 96.2 cm³/mol. The van der Waals surface area contributed by atoms with E-state index in [4.69, 9.17) is 8.83 Å². The number of Topliss-reactive ketones (excluding diaryl/α,β-unsaturated/α-hetero) is 1. The summed E-state index contributed by atoms with van der Waals surface area (Å²) in [4.78, 5) is 16.1. The molecule has 6 nitrogen and oxygen atoms in total. The average molecular weight is 391 g/mol. The molecular weight excluding hydrogens is 373 g/mol. The Balaban J connectivity index is 1.67. The third-order valence-electron chi connectivity index (χ3n) is 3.96. The Morgan fingerprint density at radius 1 is 1.19 bits per heavy atom. The molecule has 27 heavy (non-hydrogen) atoms. The molecule has 0 spiro atoms. The van der Waals surface area contributed by atoms with Gasteiger partial charge in [0.15, 0.2) is 9.84 Å². The minimum Gasteiger partial charge on any atom is -0.469 e. The Morgan fingerprint density at radius 2 is 1.96 bits per heavy atom. The van der Waals surface area contributed by atoms with E-state index in [1.807, 2.05) is 0 Å². The Bertz CT molecular complexity index is 1040. The summed E-state index contributed by atoms with van der Waals surface area (Å²) in [5, 5.41) is 0. The fourth-order valence-electron chi connectivity index (χ4n) is 2.61. The van der Waals surface area contributed by atoms with Crippen molar-refractivity contribution in [1.29, 1.82) is 0 Å². The predicted octanol–water partition coefficient (Wildman–Crippen LogP) is 3.50. The number of hydrogen-bond acceptors (Lipinski definition) is 6. The van der Waals surface area contributed by atoms with Crippen LogP contribution in [0.15, 0.2) is 51.5 Å². The van der Waals surface area contributed by atoms with Gasteiger partial charge < -0.3 is 8.83 Å². The van der Waals surface area contributed by atoms with Crippen molar-refractivity contribution < 1.29 is 26.4 Å². The molecule has 1 aromatic carbocycles. The van der Waals surface area contributed by atoms with Crippen molar-refractivity contribution in [2.75, 3.05) is 5.75 Å². The first-order valence-corrected chi connectivity index (χ1v) is 10.1. The number of oxazole rings is 1. The van der Waals surface area contributed by atoms with Crippen LogP contribution in [0.2, 0.25) is 0 Å². The zero-order chi connectivity index (χ0) is 19.4. The lowest BCUT2D eigenvalue weighted by Crippen LogP contribution is -2.18. The highest BCUT2D eigenvalue weighted by Crippen LogP contribution is 2.25. The molecule has 0 saturated carbocycles. The standard InChI is InChI=1S/C19H18FNO5S/c1-13-18(21-19(26-13)16-6-2-3-7-17(16)20)12-27(23,24)11-14(22)8-9-15-5-4-10-25-15/h2-7,10H,8-9,11-12H2,1H3. The lowest BCUT2D eigenvalue weighted by molar-refractivity contribution is -0.116. The van der Waals surface area contributed by atoms with Gasteiger partial charge in [0, 0.05) is 12.8 Å². The molecule has 0 bridgehead atoms. The van der Waals surface area contributed by atoms with E-state index < -0.39 is 32.9 Å². The first-order valence-electron chi connectivity index (χ1n) is 8.30. The summed E-state index contributed by atoms with van der Waals surface area (Å²) in [6, 6.07) is 9.36. The van der Waals surface area contributed by atoms with Gasteiger partial charge in [0.2, 0.25) is 5.89 Å². The van der Waals surface area contributed by atoms with Gasteiger partial charge in [-0.3, -0.25) is 4.79 Å². The minimum atomic E-state index is -3.72. The highest BCUT2D eigenvalue weighted by Gasteiger charge is 2.22. The second-order valence-corrected chi connectivity index (χ2v) is 8.22. The van der Waals surface area contributed by atoms with E-state index in [0.717, 1.165) is 0 Å². The van der Waals surface area contributed by atoms with Gasteiger partial charge in [0.25, 0.3) is 0 Å². The molecule has 0 aliphatic carbocycles. The molecule has 0 aliphatic rings. The van der Waals surface area contributed by atoms with Crippen LogP contribution in [-0.4, -0.2) is 24.9 Å². The number of sulfone groups is 1. The quantitative estimate of drug-likeness (QED) is 0.584. The SMILES string of the molecule is Cc1oc(-c2ccccc2F)nc1CS(=O)(=O)CC(=O)CCc1ccco1. The van der Waals surface area contributed by atoms with Crippen LogP contribution in [-0.2, 0) is 26.8 Å². The number of aromatic nitrogens is 1. The molecular formula is C19H18FNO5S. The monoisotopic (exact) mass is 391 g/mol. The second kappa shape index (κ2) is 7.87. The first-order chi connectivity index (χ1) is 12.8. The number of rotatable bonds is 8. The van der Waals surface area contributed by atoms with Crippen LogP contribution in [0, 0.1) is 12.7 Å². The Hall–Kier alpha value is -2.74. The van der Waals surface area contributed by atoms with Crippen LogP contribution in [0.5, 0.6) is 0 Å². The number of halogens is 1. The fraction of sp³-hybridized carbons (Fsp3) is 0.263. The molecule has 0 unspecified atom stereocenters. The number of ketones is 1. The van der Waals surface area contributed by atoms with Crippen LogP contribution in [0.1, 0.15) is 23.6 Å². The molecule has 0 atom stereocenters. The van der Waals surface area contributed by atoms with Crippen LogP contribution in [0.4, 0.5) is 4.39 Å². The molecule has 0 radical (unpaired) electrons. The lowest BCUT2D eigenvalue weighted by atomic mass is 10.2. The van der Waals surface area contributed by atoms with Crippen molar-refractivity contribution in [1.82, 2.24) is 4.98 Å². The molecule has 8 heteroatoms. The summed E-state index contributed by atoms with van der Waals surface area (Å²) >= 11 is 0. The highest BCUT2D eigenvalue weighted by atomic mass is 32.2. The van der Waals surface area contributed by atoms with Crippen molar-refractivity contribution in [2.45, 2.75) is 25.5 Å². The Kier molecular flexibility index (Phi) is 5.55. The molecule has 3 aromatic rings. The minimum absolute atomic E-state index is 0.0138. The van der Waals surface area contributed by atoms with Gasteiger partial charge in [0.1, 0.15) is 28.9 Å². The van der Waals surface area contributed by atoms with Gasteiger partial charge in [-0.2, -0.15) is 0 Å². The molecule has 2 heterocycles. The number of carbonyl (C=O) groups is 1. The van der Waals surface area contributed by atoms with E-state index >= 15 is 0 Å². The van der Waals surface area contributed by atoms with E-state index in [-0.39, 0.29) is 29.3 Å². The summed E-state index contributed by atoms with van der Waals surface area (Å²) < 4.78 is 49.1. The van der Waals surface area contributed by atoms with E-state index in [0.29, 0.717) is 12.2 Å². The average Bonchev–Trinajstić information content (AvgIpc) is 3.23. The number of carbonyl (C=O) groups excluding carboxylic acids is 1. The molecule has 0 aliphatic heterocycles. The molecule has 142 valence electrons. The van der Waals surface area contributed by atoms with Crippen LogP contribution >= 0.6 is 0 Å². The summed E-state index contributed by atoms with van der Waals surface area (Å²) in [6.45, 7) is 1.56. The van der Waals surface area contributed by atoms with E-state index in [1.165, 1.54) is 24.5 Å². The summed E-state index contributed by atoms with van der Waals surface area (Å²) in [7, 11) is -3.72. The maximum Gasteiger partial charge on any atom is 0.229 e. The number of benzene rings is 1. The maximum absolute atomic E-state index is 13.9. The lowest BCUT2D eigenvalue weighted by Gasteiger charge is -2.02. The highest BCUT2D eigenvalue weighted by molar-refractivity contribution is 7.91. The van der Waals surface area contributed by atoms with E-state index in [9.17, 15) is 17.6 Å². The summed E-state index contributed by atoms with van der Waals surface area (Å²) in [5.41, 5.74) is 0.325. The van der Waals surface area contributed by atoms with Crippen molar-refractivity contribution in [3.05, 3.63) is 65.7 Å². The van der Waals surface area contributed by atoms with Gasteiger partial charge >= 0.3 is 0 Å². The number of hydrogen-bond donors (Lipinski definition) is 0. The zero-order valence-corrected chi connectivity index (χ0v) is 15.5. The molecule has 3 rings (SSSR count). The Labute approximate surface area is 155 Å². The largest absolute Gasteiger partial charge is 0.469 e. The van der Waals surface area contributed by atoms with Crippen molar-refractivity contribution >= 4 is 15.6 Å². The summed E-state index contributed by atoms with van der Waals surface area (Å²) in [5.74, 6) is -1.02. The maximum atomic E-state index is 13.9. The molecule has 0 N–H and O–H groups in total. The van der Waals surface area contributed by atoms with E-state index in [1.54, 1.807) is 25.1 Å². The first kappa shape index (κ1) is 19.0. The van der Waals surface area contributed by atoms with Gasteiger partial charge in [-0.25, -0.2) is 17.8 Å².